The highest BCUT2D eigenvalue weighted by Crippen LogP contribution is 2.37. The number of rotatable bonds is 7. The van der Waals surface area contributed by atoms with Crippen molar-refractivity contribution in [1.82, 2.24) is 5.32 Å². The van der Waals surface area contributed by atoms with E-state index in [0.717, 1.165) is 11.1 Å². The second-order valence-corrected chi connectivity index (χ2v) is 5.98. The zero-order chi connectivity index (χ0) is 18.2. The van der Waals surface area contributed by atoms with Crippen molar-refractivity contribution in [1.29, 1.82) is 5.26 Å². The minimum absolute atomic E-state index is 0.187. The second kappa shape index (κ2) is 9.16. The molecular weight excluding hydrogens is 363 g/mol. The number of hydrogen-bond acceptors (Lipinski definition) is 4. The van der Waals surface area contributed by atoms with Crippen LogP contribution in [0.2, 0.25) is 10.0 Å². The van der Waals surface area contributed by atoms with E-state index in [1.807, 2.05) is 12.1 Å². The summed E-state index contributed by atoms with van der Waals surface area (Å²) in [6.45, 7) is 0.555. The van der Waals surface area contributed by atoms with Crippen molar-refractivity contribution in [3.8, 4) is 17.6 Å². The number of carbonyl (C=O) groups excluding carboxylic acids is 1. The van der Waals surface area contributed by atoms with Crippen molar-refractivity contribution < 1.29 is 14.3 Å². The van der Waals surface area contributed by atoms with Crippen molar-refractivity contribution in [2.75, 3.05) is 7.11 Å². The molecule has 1 N–H and O–H groups in total. The average Bonchev–Trinajstić information content (AvgIpc) is 2.60. The number of nitrogens with zero attached hydrogens (tertiary/aromatic N) is 1. The van der Waals surface area contributed by atoms with Gasteiger partial charge < -0.3 is 14.8 Å². The Morgan fingerprint density at radius 2 is 1.92 bits per heavy atom. The van der Waals surface area contributed by atoms with E-state index in [-0.39, 0.29) is 18.9 Å². The van der Waals surface area contributed by atoms with Crippen LogP contribution in [0.25, 0.3) is 0 Å². The lowest BCUT2D eigenvalue weighted by Crippen LogP contribution is -2.21. The van der Waals surface area contributed by atoms with Crippen LogP contribution in [0, 0.1) is 11.3 Å². The van der Waals surface area contributed by atoms with Crippen LogP contribution in [0.3, 0.4) is 0 Å². The summed E-state index contributed by atoms with van der Waals surface area (Å²) in [6.07, 6.45) is -0.187. The molecule has 7 heteroatoms. The van der Waals surface area contributed by atoms with E-state index in [4.69, 9.17) is 37.9 Å². The summed E-state index contributed by atoms with van der Waals surface area (Å²) >= 11 is 12.2. The Morgan fingerprint density at radius 1 is 1.20 bits per heavy atom. The van der Waals surface area contributed by atoms with Crippen molar-refractivity contribution in [2.45, 2.75) is 19.6 Å². The molecule has 0 heterocycles. The smallest absolute Gasteiger partial charge is 0.234 e. The van der Waals surface area contributed by atoms with Crippen LogP contribution in [0.4, 0.5) is 0 Å². The summed E-state index contributed by atoms with van der Waals surface area (Å²) < 4.78 is 11.1. The number of carbonyl (C=O) groups is 1. The Morgan fingerprint density at radius 3 is 2.56 bits per heavy atom. The van der Waals surface area contributed by atoms with Gasteiger partial charge in [-0.15, -0.1) is 0 Å². The molecule has 0 bridgehead atoms. The van der Waals surface area contributed by atoms with Crippen LogP contribution >= 0.6 is 23.2 Å². The Balaban J connectivity index is 2.09. The SMILES string of the molecule is COc1cc(CNC(=O)CC#N)cc(Cl)c1OCc1ccc(Cl)cc1. The third-order valence-electron chi connectivity index (χ3n) is 3.31. The molecule has 0 fully saturated rings. The number of nitrogens with one attached hydrogen (secondary N) is 1. The summed E-state index contributed by atoms with van der Waals surface area (Å²) in [6, 6.07) is 12.5. The topological polar surface area (TPSA) is 71.3 Å². The highest BCUT2D eigenvalue weighted by molar-refractivity contribution is 6.32. The molecule has 0 spiro atoms. The molecular formula is C18H16Cl2N2O3. The molecule has 0 saturated carbocycles. The molecule has 5 nitrogen and oxygen atoms in total. The van der Waals surface area contributed by atoms with E-state index in [9.17, 15) is 4.79 Å². The van der Waals surface area contributed by atoms with Gasteiger partial charge in [0, 0.05) is 11.6 Å². The molecule has 2 aromatic rings. The lowest BCUT2D eigenvalue weighted by molar-refractivity contribution is -0.120. The fourth-order valence-corrected chi connectivity index (χ4v) is 2.50. The third-order valence-corrected chi connectivity index (χ3v) is 3.85. The Labute approximate surface area is 156 Å². The first-order valence-electron chi connectivity index (χ1n) is 7.40. The second-order valence-electron chi connectivity index (χ2n) is 5.14. The van der Waals surface area contributed by atoms with Crippen LogP contribution in [-0.4, -0.2) is 13.0 Å². The third kappa shape index (κ3) is 5.56. The van der Waals surface area contributed by atoms with E-state index in [1.54, 1.807) is 30.3 Å². The van der Waals surface area contributed by atoms with Gasteiger partial charge in [0.1, 0.15) is 13.0 Å². The predicted octanol–water partition coefficient (Wildman–Crippen LogP) is 4.11. The van der Waals surface area contributed by atoms with Gasteiger partial charge in [0.05, 0.1) is 18.2 Å². The standard InChI is InChI=1S/C18H16Cl2N2O3/c1-24-16-9-13(10-22-17(23)6-7-21)8-15(20)18(16)25-11-12-2-4-14(19)5-3-12/h2-5,8-9H,6,10-11H2,1H3,(H,22,23). The Kier molecular flexibility index (Phi) is 6.93. The van der Waals surface area contributed by atoms with Crippen LogP contribution < -0.4 is 14.8 Å². The van der Waals surface area contributed by atoms with Crippen LogP contribution in [-0.2, 0) is 17.9 Å². The molecule has 130 valence electrons. The molecule has 1 amide bonds. The Bertz CT molecular complexity index is 786. The number of nitriles is 1. The summed E-state index contributed by atoms with van der Waals surface area (Å²) in [4.78, 5) is 11.4. The van der Waals surface area contributed by atoms with Crippen molar-refractivity contribution >= 4 is 29.1 Å². The summed E-state index contributed by atoms with van der Waals surface area (Å²) in [5.41, 5.74) is 1.68. The summed E-state index contributed by atoms with van der Waals surface area (Å²) in [5, 5.41) is 12.1. The van der Waals surface area contributed by atoms with Gasteiger partial charge >= 0.3 is 0 Å². The van der Waals surface area contributed by atoms with Gasteiger partial charge in [0.15, 0.2) is 11.5 Å². The van der Waals surface area contributed by atoms with Gasteiger partial charge in [-0.3, -0.25) is 4.79 Å². The molecule has 0 unspecified atom stereocenters. The van der Waals surface area contributed by atoms with Crippen molar-refractivity contribution in [3.05, 3.63) is 57.6 Å². The van der Waals surface area contributed by atoms with E-state index in [0.29, 0.717) is 28.2 Å². The predicted molar refractivity (Wildman–Crippen MR) is 95.9 cm³/mol. The monoisotopic (exact) mass is 378 g/mol. The number of hydrogen-bond donors (Lipinski definition) is 1. The van der Waals surface area contributed by atoms with Gasteiger partial charge in [0.2, 0.25) is 5.91 Å². The number of methoxy groups -OCH3 is 1. The highest BCUT2D eigenvalue weighted by atomic mass is 35.5. The minimum atomic E-state index is -0.347. The lowest BCUT2D eigenvalue weighted by atomic mass is 10.2. The first kappa shape index (κ1) is 18.9. The zero-order valence-corrected chi connectivity index (χ0v) is 15.0. The van der Waals surface area contributed by atoms with Crippen molar-refractivity contribution in [2.24, 2.45) is 0 Å². The van der Waals surface area contributed by atoms with Gasteiger partial charge in [-0.2, -0.15) is 5.26 Å². The molecule has 0 aliphatic carbocycles. The fourth-order valence-electron chi connectivity index (χ4n) is 2.09. The van der Waals surface area contributed by atoms with E-state index >= 15 is 0 Å². The van der Waals surface area contributed by atoms with Gasteiger partial charge in [-0.05, 0) is 35.4 Å². The molecule has 2 aromatic carbocycles. The maximum Gasteiger partial charge on any atom is 0.234 e. The molecule has 0 atom stereocenters. The number of halogens is 2. The summed E-state index contributed by atoms with van der Waals surface area (Å²) in [5.74, 6) is 0.540. The Hall–Kier alpha value is -2.42. The first-order valence-corrected chi connectivity index (χ1v) is 8.16. The van der Waals surface area contributed by atoms with Gasteiger partial charge in [0.25, 0.3) is 0 Å². The molecule has 2 rings (SSSR count). The number of benzene rings is 2. The molecule has 0 aliphatic heterocycles. The van der Waals surface area contributed by atoms with E-state index in [1.165, 1.54) is 7.11 Å². The van der Waals surface area contributed by atoms with Crippen LogP contribution in [0.15, 0.2) is 36.4 Å². The molecule has 25 heavy (non-hydrogen) atoms. The highest BCUT2D eigenvalue weighted by Gasteiger charge is 2.13. The maximum absolute atomic E-state index is 11.4. The van der Waals surface area contributed by atoms with Gasteiger partial charge in [-0.25, -0.2) is 0 Å². The van der Waals surface area contributed by atoms with Crippen LogP contribution in [0.1, 0.15) is 17.5 Å². The van der Waals surface area contributed by atoms with Crippen LogP contribution in [0.5, 0.6) is 11.5 Å². The largest absolute Gasteiger partial charge is 0.493 e. The minimum Gasteiger partial charge on any atom is -0.493 e. The zero-order valence-electron chi connectivity index (χ0n) is 13.5. The maximum atomic E-state index is 11.4. The molecule has 0 radical (unpaired) electrons. The molecule has 0 saturated heterocycles. The fraction of sp³-hybridized carbons (Fsp3) is 0.222. The number of ether oxygens (including phenoxy) is 2. The normalized spacial score (nSPS) is 10.0. The van der Waals surface area contributed by atoms with Gasteiger partial charge in [-0.1, -0.05) is 35.3 Å². The quantitative estimate of drug-likeness (QED) is 0.786. The van der Waals surface area contributed by atoms with Crippen molar-refractivity contribution in [3.63, 3.8) is 0 Å². The lowest BCUT2D eigenvalue weighted by Gasteiger charge is -2.14. The molecule has 0 aromatic heterocycles. The average molecular weight is 379 g/mol. The van der Waals surface area contributed by atoms with E-state index in [2.05, 4.69) is 5.32 Å². The summed E-state index contributed by atoms with van der Waals surface area (Å²) in [7, 11) is 1.51. The van der Waals surface area contributed by atoms with E-state index < -0.39 is 0 Å². The number of amides is 1. The molecule has 0 aliphatic rings. The first-order chi connectivity index (χ1) is 12.0.